The van der Waals surface area contributed by atoms with E-state index in [9.17, 15) is 14.3 Å². The smallest absolute Gasteiger partial charge is 0.255 e. The number of rotatable bonds is 5. The number of unbranched alkanes of at least 4 members (excludes halogenated alkanes) is 1. The van der Waals surface area contributed by atoms with Crippen molar-refractivity contribution in [3.8, 4) is 5.75 Å². The zero-order valence-corrected chi connectivity index (χ0v) is 10.3. The zero-order chi connectivity index (χ0) is 12.0. The van der Waals surface area contributed by atoms with E-state index in [1.54, 1.807) is 0 Å². The van der Waals surface area contributed by atoms with Crippen LogP contribution in [0.25, 0.3) is 0 Å². The summed E-state index contributed by atoms with van der Waals surface area (Å²) in [7, 11) is 0. The average molecular weight is 290 g/mol. The van der Waals surface area contributed by atoms with Gasteiger partial charge in [-0.1, -0.05) is 15.9 Å². The van der Waals surface area contributed by atoms with Gasteiger partial charge in [0.05, 0.1) is 5.56 Å². The molecule has 5 heteroatoms. The Kier molecular flexibility index (Phi) is 5.25. The molecule has 2 N–H and O–H groups in total. The van der Waals surface area contributed by atoms with Crippen molar-refractivity contribution >= 4 is 21.8 Å². The fourth-order valence-corrected chi connectivity index (χ4v) is 1.60. The van der Waals surface area contributed by atoms with E-state index in [4.69, 9.17) is 0 Å². The molecule has 0 saturated carbocycles. The van der Waals surface area contributed by atoms with E-state index >= 15 is 0 Å². The van der Waals surface area contributed by atoms with Gasteiger partial charge in [-0.2, -0.15) is 0 Å². The van der Waals surface area contributed by atoms with Crippen LogP contribution in [0.15, 0.2) is 18.2 Å². The number of nitrogens with one attached hydrogen (secondary N) is 1. The summed E-state index contributed by atoms with van der Waals surface area (Å²) in [5, 5.41) is 12.9. The summed E-state index contributed by atoms with van der Waals surface area (Å²) in [5.74, 6) is -1.20. The largest absolute Gasteiger partial charge is 0.507 e. The molecular weight excluding hydrogens is 277 g/mol. The summed E-state index contributed by atoms with van der Waals surface area (Å²) in [6.45, 7) is 0.514. The van der Waals surface area contributed by atoms with Crippen molar-refractivity contribution in [1.29, 1.82) is 0 Å². The lowest BCUT2D eigenvalue weighted by atomic mass is 10.2. The molecule has 1 rings (SSSR count). The van der Waals surface area contributed by atoms with Crippen LogP contribution in [0.5, 0.6) is 5.75 Å². The average Bonchev–Trinajstić information content (AvgIpc) is 2.27. The summed E-state index contributed by atoms with van der Waals surface area (Å²) in [6.07, 6.45) is 1.79. The molecule has 16 heavy (non-hydrogen) atoms. The lowest BCUT2D eigenvalue weighted by molar-refractivity contribution is 0.0950. The summed E-state index contributed by atoms with van der Waals surface area (Å²) >= 11 is 3.28. The second-order valence-electron chi connectivity index (χ2n) is 3.31. The Morgan fingerprint density at radius 2 is 2.19 bits per heavy atom. The van der Waals surface area contributed by atoms with E-state index in [0.29, 0.717) is 6.54 Å². The minimum absolute atomic E-state index is 0.0288. The second kappa shape index (κ2) is 6.48. The van der Waals surface area contributed by atoms with Gasteiger partial charge in [0.15, 0.2) is 0 Å². The fourth-order valence-electron chi connectivity index (χ4n) is 1.21. The molecule has 0 aliphatic rings. The highest BCUT2D eigenvalue weighted by Crippen LogP contribution is 2.17. The maximum atomic E-state index is 12.9. The number of phenolic OH excluding ortho intramolecular Hbond substituents is 1. The van der Waals surface area contributed by atoms with Crippen molar-refractivity contribution in [3.05, 3.63) is 29.6 Å². The van der Waals surface area contributed by atoms with Crippen molar-refractivity contribution in [2.24, 2.45) is 0 Å². The standard InChI is InChI=1S/C11H13BrFNO2/c12-5-1-2-6-14-11(16)9-7-8(13)3-4-10(9)15/h3-4,7,15H,1-2,5-6H2,(H,14,16). The molecule has 1 aromatic carbocycles. The van der Waals surface area contributed by atoms with Crippen LogP contribution in [0.4, 0.5) is 4.39 Å². The van der Waals surface area contributed by atoms with Crippen LogP contribution in [-0.4, -0.2) is 22.9 Å². The van der Waals surface area contributed by atoms with Crippen LogP contribution < -0.4 is 5.32 Å². The Morgan fingerprint density at radius 3 is 2.88 bits per heavy atom. The van der Waals surface area contributed by atoms with E-state index in [0.717, 1.165) is 30.3 Å². The maximum absolute atomic E-state index is 12.9. The minimum Gasteiger partial charge on any atom is -0.507 e. The van der Waals surface area contributed by atoms with E-state index < -0.39 is 11.7 Å². The number of aromatic hydroxyl groups is 1. The molecule has 0 aromatic heterocycles. The van der Waals surface area contributed by atoms with Gasteiger partial charge in [-0.15, -0.1) is 0 Å². The summed E-state index contributed by atoms with van der Waals surface area (Å²) in [4.78, 5) is 11.5. The lowest BCUT2D eigenvalue weighted by Gasteiger charge is -2.06. The molecule has 0 bridgehead atoms. The highest BCUT2D eigenvalue weighted by Gasteiger charge is 2.11. The van der Waals surface area contributed by atoms with Gasteiger partial charge in [-0.05, 0) is 31.0 Å². The van der Waals surface area contributed by atoms with E-state index in [2.05, 4.69) is 21.2 Å². The lowest BCUT2D eigenvalue weighted by Crippen LogP contribution is -2.24. The number of alkyl halides is 1. The van der Waals surface area contributed by atoms with Crippen molar-refractivity contribution in [2.75, 3.05) is 11.9 Å². The van der Waals surface area contributed by atoms with Gasteiger partial charge in [0, 0.05) is 11.9 Å². The number of hydrogen-bond acceptors (Lipinski definition) is 2. The quantitative estimate of drug-likeness (QED) is 0.646. The Morgan fingerprint density at radius 1 is 1.44 bits per heavy atom. The van der Waals surface area contributed by atoms with E-state index in [-0.39, 0.29) is 11.3 Å². The number of halogens is 2. The van der Waals surface area contributed by atoms with Crippen molar-refractivity contribution in [2.45, 2.75) is 12.8 Å². The van der Waals surface area contributed by atoms with Gasteiger partial charge in [0.25, 0.3) is 5.91 Å². The van der Waals surface area contributed by atoms with Crippen molar-refractivity contribution in [1.82, 2.24) is 5.32 Å². The minimum atomic E-state index is -0.539. The molecule has 0 fully saturated rings. The molecular formula is C11H13BrFNO2. The Balaban J connectivity index is 2.55. The van der Waals surface area contributed by atoms with Gasteiger partial charge < -0.3 is 10.4 Å². The van der Waals surface area contributed by atoms with Gasteiger partial charge in [-0.25, -0.2) is 4.39 Å². The molecule has 3 nitrogen and oxygen atoms in total. The summed E-state index contributed by atoms with van der Waals surface area (Å²) < 4.78 is 12.9. The molecule has 1 amide bonds. The topological polar surface area (TPSA) is 49.3 Å². The third kappa shape index (κ3) is 3.81. The van der Waals surface area contributed by atoms with Crippen LogP contribution in [0, 0.1) is 5.82 Å². The monoisotopic (exact) mass is 289 g/mol. The number of carbonyl (C=O) groups excluding carboxylic acids is 1. The van der Waals surface area contributed by atoms with E-state index in [1.165, 1.54) is 6.07 Å². The van der Waals surface area contributed by atoms with Crippen LogP contribution >= 0.6 is 15.9 Å². The molecule has 0 atom stereocenters. The first-order valence-corrected chi connectivity index (χ1v) is 6.10. The molecule has 88 valence electrons. The zero-order valence-electron chi connectivity index (χ0n) is 8.67. The fraction of sp³-hybridized carbons (Fsp3) is 0.364. The molecule has 0 aliphatic heterocycles. The molecule has 0 unspecified atom stereocenters. The van der Waals surface area contributed by atoms with Crippen molar-refractivity contribution in [3.63, 3.8) is 0 Å². The first-order valence-electron chi connectivity index (χ1n) is 4.98. The summed E-state index contributed by atoms with van der Waals surface area (Å²) in [5.41, 5.74) is -0.0288. The van der Waals surface area contributed by atoms with Crippen LogP contribution in [0.2, 0.25) is 0 Å². The van der Waals surface area contributed by atoms with Crippen LogP contribution in [-0.2, 0) is 0 Å². The number of amides is 1. The van der Waals surface area contributed by atoms with Crippen LogP contribution in [0.1, 0.15) is 23.2 Å². The molecule has 0 heterocycles. The molecule has 1 aromatic rings. The van der Waals surface area contributed by atoms with Crippen LogP contribution in [0.3, 0.4) is 0 Å². The Bertz CT molecular complexity index is 371. The van der Waals surface area contributed by atoms with Gasteiger partial charge in [-0.3, -0.25) is 4.79 Å². The normalized spacial score (nSPS) is 10.1. The number of phenols is 1. The first-order chi connectivity index (χ1) is 7.65. The Labute approximate surface area is 102 Å². The molecule has 0 aliphatic carbocycles. The first kappa shape index (κ1) is 13.0. The SMILES string of the molecule is O=C(NCCCCBr)c1cc(F)ccc1O. The Hall–Kier alpha value is -1.10. The van der Waals surface area contributed by atoms with Crippen molar-refractivity contribution < 1.29 is 14.3 Å². The van der Waals surface area contributed by atoms with Gasteiger partial charge in [0.1, 0.15) is 11.6 Å². The molecule has 0 saturated heterocycles. The molecule has 0 radical (unpaired) electrons. The summed E-state index contributed by atoms with van der Waals surface area (Å²) in [6, 6.07) is 3.30. The van der Waals surface area contributed by atoms with E-state index in [1.807, 2.05) is 0 Å². The highest BCUT2D eigenvalue weighted by molar-refractivity contribution is 9.09. The van der Waals surface area contributed by atoms with Gasteiger partial charge >= 0.3 is 0 Å². The third-order valence-electron chi connectivity index (χ3n) is 2.05. The van der Waals surface area contributed by atoms with Gasteiger partial charge in [0.2, 0.25) is 0 Å². The maximum Gasteiger partial charge on any atom is 0.255 e. The third-order valence-corrected chi connectivity index (χ3v) is 2.61. The highest BCUT2D eigenvalue weighted by atomic mass is 79.9. The number of hydrogen-bond donors (Lipinski definition) is 2. The number of benzene rings is 1. The predicted octanol–water partition coefficient (Wildman–Crippen LogP) is 2.44. The second-order valence-corrected chi connectivity index (χ2v) is 4.11. The predicted molar refractivity (Wildman–Crippen MR) is 63.4 cm³/mol. The molecule has 0 spiro atoms. The number of carbonyl (C=O) groups is 1.